The average Bonchev–Trinajstić information content (AvgIpc) is 2.77. The lowest BCUT2D eigenvalue weighted by molar-refractivity contribution is 0.543. The summed E-state index contributed by atoms with van der Waals surface area (Å²) in [6.45, 7) is 2.91. The van der Waals surface area contributed by atoms with Crippen LogP contribution in [-0.4, -0.2) is 15.0 Å². The van der Waals surface area contributed by atoms with Crippen LogP contribution in [0.25, 0.3) is 0 Å². The van der Waals surface area contributed by atoms with Gasteiger partial charge in [0, 0.05) is 16.0 Å². The maximum atomic E-state index is 6.27. The number of rotatable bonds is 4. The smallest absolute Gasteiger partial charge is 0.0800 e. The van der Waals surface area contributed by atoms with E-state index in [-0.39, 0.29) is 6.04 Å². The van der Waals surface area contributed by atoms with E-state index in [9.17, 15) is 0 Å². The molecule has 1 aromatic carbocycles. The molecule has 1 unspecified atom stereocenters. The summed E-state index contributed by atoms with van der Waals surface area (Å²) in [7, 11) is 0. The molecule has 1 atom stereocenters. The van der Waals surface area contributed by atoms with Gasteiger partial charge in [0.2, 0.25) is 0 Å². The van der Waals surface area contributed by atoms with Crippen molar-refractivity contribution < 1.29 is 0 Å². The summed E-state index contributed by atoms with van der Waals surface area (Å²) in [5, 5.41) is 8.65. The summed E-state index contributed by atoms with van der Waals surface area (Å²) in [6, 6.07) is 5.32. The molecule has 0 aliphatic rings. The highest BCUT2D eigenvalue weighted by Crippen LogP contribution is 2.28. The first kappa shape index (κ1) is 13.5. The Bertz CT molecular complexity index is 541. The van der Waals surface area contributed by atoms with Crippen molar-refractivity contribution in [3.63, 3.8) is 0 Å². The van der Waals surface area contributed by atoms with Crippen LogP contribution in [0.1, 0.15) is 30.6 Å². The molecule has 4 nitrogen and oxygen atoms in total. The van der Waals surface area contributed by atoms with E-state index >= 15 is 0 Å². The van der Waals surface area contributed by atoms with E-state index in [2.05, 4.69) is 33.2 Å². The van der Waals surface area contributed by atoms with Gasteiger partial charge in [-0.15, -0.1) is 5.10 Å². The van der Waals surface area contributed by atoms with E-state index in [1.165, 1.54) is 0 Å². The summed E-state index contributed by atoms with van der Waals surface area (Å²) >= 11 is 9.41. The second-order valence-electron chi connectivity index (χ2n) is 4.03. The molecule has 1 aromatic heterocycles. The number of nitrogens with two attached hydrogens (primary N) is 1. The predicted octanol–water partition coefficient (Wildman–Crippen LogP) is 3.15. The van der Waals surface area contributed by atoms with Crippen LogP contribution in [0.3, 0.4) is 0 Å². The molecule has 0 spiro atoms. The van der Waals surface area contributed by atoms with E-state index in [0.717, 1.165) is 28.7 Å². The highest BCUT2D eigenvalue weighted by Gasteiger charge is 2.17. The minimum atomic E-state index is -0.266. The first-order valence-electron chi connectivity index (χ1n) is 5.72. The van der Waals surface area contributed by atoms with Gasteiger partial charge in [-0.2, -0.15) is 0 Å². The van der Waals surface area contributed by atoms with Gasteiger partial charge in [0.1, 0.15) is 0 Å². The number of hydrogen-bond acceptors (Lipinski definition) is 3. The van der Waals surface area contributed by atoms with Crippen molar-refractivity contribution in [3.8, 4) is 0 Å². The van der Waals surface area contributed by atoms with Crippen molar-refractivity contribution in [2.24, 2.45) is 5.73 Å². The maximum Gasteiger partial charge on any atom is 0.0800 e. The lowest BCUT2D eigenvalue weighted by atomic mass is 10.1. The molecule has 0 aliphatic heterocycles. The van der Waals surface area contributed by atoms with E-state index < -0.39 is 0 Å². The highest BCUT2D eigenvalue weighted by atomic mass is 79.9. The number of halogens is 2. The zero-order chi connectivity index (χ0) is 13.1. The molecule has 0 saturated heterocycles. The molecule has 6 heteroatoms. The van der Waals surface area contributed by atoms with Crippen LogP contribution >= 0.6 is 27.5 Å². The van der Waals surface area contributed by atoms with Crippen LogP contribution in [0.2, 0.25) is 5.02 Å². The van der Waals surface area contributed by atoms with Crippen LogP contribution in [-0.2, 0) is 6.54 Å². The van der Waals surface area contributed by atoms with Crippen LogP contribution in [0.4, 0.5) is 0 Å². The van der Waals surface area contributed by atoms with Gasteiger partial charge in [-0.05, 0) is 24.1 Å². The summed E-state index contributed by atoms with van der Waals surface area (Å²) in [5.74, 6) is 0. The maximum absolute atomic E-state index is 6.27. The standard InChI is InChI=1S/C12H14BrClN4/c1-2-5-18-11(7-16-17-18)12(15)9-4-3-8(14)6-10(9)13/h3-4,6-7,12H,2,5,15H2,1H3. The van der Waals surface area contributed by atoms with Gasteiger partial charge in [-0.25, -0.2) is 4.68 Å². The molecule has 2 aromatic rings. The summed E-state index contributed by atoms with van der Waals surface area (Å²) in [6.07, 6.45) is 2.70. The van der Waals surface area contributed by atoms with Crippen LogP contribution < -0.4 is 5.73 Å². The Morgan fingerprint density at radius 2 is 2.28 bits per heavy atom. The zero-order valence-electron chi connectivity index (χ0n) is 9.98. The minimum Gasteiger partial charge on any atom is -0.319 e. The molecule has 96 valence electrons. The van der Waals surface area contributed by atoms with E-state index in [1.54, 1.807) is 6.20 Å². The van der Waals surface area contributed by atoms with Gasteiger partial charge in [-0.1, -0.05) is 45.7 Å². The lowest BCUT2D eigenvalue weighted by Crippen LogP contribution is -2.18. The van der Waals surface area contributed by atoms with Gasteiger partial charge in [0.05, 0.1) is 17.9 Å². The molecule has 0 amide bonds. The van der Waals surface area contributed by atoms with E-state index in [4.69, 9.17) is 17.3 Å². The third kappa shape index (κ3) is 2.74. The fraction of sp³-hybridized carbons (Fsp3) is 0.333. The Labute approximate surface area is 119 Å². The molecular weight excluding hydrogens is 316 g/mol. The highest BCUT2D eigenvalue weighted by molar-refractivity contribution is 9.10. The van der Waals surface area contributed by atoms with Crippen molar-refractivity contribution in [1.29, 1.82) is 0 Å². The quantitative estimate of drug-likeness (QED) is 0.937. The monoisotopic (exact) mass is 328 g/mol. The Morgan fingerprint density at radius 1 is 1.50 bits per heavy atom. The number of benzene rings is 1. The normalized spacial score (nSPS) is 12.7. The first-order chi connectivity index (χ1) is 8.63. The molecular formula is C12H14BrClN4. The van der Waals surface area contributed by atoms with Crippen molar-refractivity contribution in [2.45, 2.75) is 25.9 Å². The molecule has 1 heterocycles. The number of hydrogen-bond donors (Lipinski definition) is 1. The largest absolute Gasteiger partial charge is 0.319 e. The average molecular weight is 330 g/mol. The summed E-state index contributed by atoms with van der Waals surface area (Å²) in [5.41, 5.74) is 8.14. The Kier molecular flexibility index (Phi) is 4.37. The van der Waals surface area contributed by atoms with Crippen molar-refractivity contribution >= 4 is 27.5 Å². The third-order valence-electron chi connectivity index (χ3n) is 2.70. The fourth-order valence-corrected chi connectivity index (χ4v) is 2.73. The predicted molar refractivity (Wildman–Crippen MR) is 75.5 cm³/mol. The zero-order valence-corrected chi connectivity index (χ0v) is 12.3. The number of aryl methyl sites for hydroxylation is 1. The molecule has 2 rings (SSSR count). The van der Waals surface area contributed by atoms with E-state index in [1.807, 2.05) is 22.9 Å². The van der Waals surface area contributed by atoms with Crippen molar-refractivity contribution in [2.75, 3.05) is 0 Å². The van der Waals surface area contributed by atoms with Gasteiger partial charge in [-0.3, -0.25) is 0 Å². The van der Waals surface area contributed by atoms with Crippen LogP contribution in [0.15, 0.2) is 28.9 Å². The SMILES string of the molecule is CCCn1nncc1C(N)c1ccc(Cl)cc1Br. The van der Waals surface area contributed by atoms with Gasteiger partial charge < -0.3 is 5.73 Å². The molecule has 0 aliphatic carbocycles. The minimum absolute atomic E-state index is 0.266. The molecule has 0 fully saturated rings. The molecule has 18 heavy (non-hydrogen) atoms. The Hall–Kier alpha value is -0.910. The van der Waals surface area contributed by atoms with Crippen LogP contribution in [0, 0.1) is 0 Å². The summed E-state index contributed by atoms with van der Waals surface area (Å²) < 4.78 is 2.73. The molecule has 2 N–H and O–H groups in total. The van der Waals surface area contributed by atoms with Gasteiger partial charge in [0.25, 0.3) is 0 Å². The van der Waals surface area contributed by atoms with Crippen molar-refractivity contribution in [1.82, 2.24) is 15.0 Å². The third-order valence-corrected chi connectivity index (χ3v) is 3.62. The topological polar surface area (TPSA) is 56.7 Å². The van der Waals surface area contributed by atoms with Gasteiger partial charge >= 0.3 is 0 Å². The summed E-state index contributed by atoms with van der Waals surface area (Å²) in [4.78, 5) is 0. The second-order valence-corrected chi connectivity index (χ2v) is 5.32. The molecule has 0 radical (unpaired) electrons. The van der Waals surface area contributed by atoms with Crippen molar-refractivity contribution in [3.05, 3.63) is 45.1 Å². The number of nitrogens with zero attached hydrogens (tertiary/aromatic N) is 3. The fourth-order valence-electron chi connectivity index (χ4n) is 1.81. The lowest BCUT2D eigenvalue weighted by Gasteiger charge is -2.15. The Balaban J connectivity index is 2.35. The first-order valence-corrected chi connectivity index (χ1v) is 6.89. The van der Waals surface area contributed by atoms with E-state index in [0.29, 0.717) is 5.02 Å². The molecule has 0 saturated carbocycles. The van der Waals surface area contributed by atoms with Crippen LogP contribution in [0.5, 0.6) is 0 Å². The number of aromatic nitrogens is 3. The van der Waals surface area contributed by atoms with Gasteiger partial charge in [0.15, 0.2) is 0 Å². The second kappa shape index (κ2) is 5.82. The molecule has 0 bridgehead atoms. The Morgan fingerprint density at radius 3 is 2.94 bits per heavy atom.